The fourth-order valence-electron chi connectivity index (χ4n) is 5.95. The zero-order valence-electron chi connectivity index (χ0n) is 22.1. The van der Waals surface area contributed by atoms with Gasteiger partial charge < -0.3 is 30.9 Å². The predicted molar refractivity (Wildman–Crippen MR) is 140 cm³/mol. The van der Waals surface area contributed by atoms with Crippen LogP contribution in [0.4, 0.5) is 4.79 Å². The third-order valence-corrected chi connectivity index (χ3v) is 8.51. The number of nitrogens with zero attached hydrogens (tertiary/aromatic N) is 1. The zero-order chi connectivity index (χ0) is 27.6. The minimum absolute atomic E-state index is 0.169. The highest BCUT2D eigenvalue weighted by Crippen LogP contribution is 2.46. The van der Waals surface area contributed by atoms with Gasteiger partial charge in [0.1, 0.15) is 6.04 Å². The molecule has 206 valence electrons. The van der Waals surface area contributed by atoms with E-state index >= 15 is 0 Å². The highest BCUT2D eigenvalue weighted by molar-refractivity contribution is 6.30. The van der Waals surface area contributed by atoms with Gasteiger partial charge in [-0.15, -0.1) is 0 Å². The van der Waals surface area contributed by atoms with Crippen LogP contribution in [0, 0.1) is 17.3 Å². The summed E-state index contributed by atoms with van der Waals surface area (Å²) in [6, 6.07) is 6.38. The number of aliphatic hydroxyl groups is 2. The van der Waals surface area contributed by atoms with Gasteiger partial charge in [0.05, 0.1) is 5.60 Å². The van der Waals surface area contributed by atoms with E-state index in [1.807, 2.05) is 39.8 Å². The minimum Gasteiger partial charge on any atom is -0.465 e. The Morgan fingerprint density at radius 2 is 1.81 bits per heavy atom. The molecule has 2 aliphatic rings. The van der Waals surface area contributed by atoms with Crippen molar-refractivity contribution in [2.45, 2.75) is 77.0 Å². The maximum atomic E-state index is 13.6. The molecule has 4 atom stereocenters. The summed E-state index contributed by atoms with van der Waals surface area (Å²) < 4.78 is 0. The Morgan fingerprint density at radius 1 is 1.16 bits per heavy atom. The van der Waals surface area contributed by atoms with Gasteiger partial charge >= 0.3 is 6.09 Å². The third kappa shape index (κ3) is 6.21. The molecule has 0 radical (unpaired) electrons. The summed E-state index contributed by atoms with van der Waals surface area (Å²) >= 11 is 6.03. The summed E-state index contributed by atoms with van der Waals surface area (Å²) in [5.41, 5.74) is -1.88. The lowest BCUT2D eigenvalue weighted by atomic mass is 9.66. The van der Waals surface area contributed by atoms with E-state index in [1.165, 1.54) is 0 Å². The highest BCUT2D eigenvalue weighted by atomic mass is 35.5. The van der Waals surface area contributed by atoms with Crippen LogP contribution < -0.4 is 10.6 Å². The molecule has 1 aliphatic heterocycles. The largest absolute Gasteiger partial charge is 0.465 e. The number of carbonyl (C=O) groups excluding carboxylic acids is 2. The molecule has 0 spiro atoms. The molecule has 5 N–H and O–H groups in total. The summed E-state index contributed by atoms with van der Waals surface area (Å²) in [6.45, 7) is 8.07. The number of likely N-dealkylation sites (tertiary alicyclic amines) is 1. The van der Waals surface area contributed by atoms with E-state index in [4.69, 9.17) is 11.6 Å². The van der Waals surface area contributed by atoms with Gasteiger partial charge in [-0.1, -0.05) is 51.4 Å². The molecule has 0 bridgehead atoms. The van der Waals surface area contributed by atoms with Crippen LogP contribution in [-0.4, -0.2) is 69.4 Å². The third-order valence-electron chi connectivity index (χ3n) is 8.25. The standard InChI is InChI=1S/C27H40ClN3O6/c1-17(2)21(29-22(33)18-9-10-26(15-18,12-14-32)30-24(35)36)23(34)31-13-11-27(37,25(3,4)16-31)19-5-7-20(28)8-6-19/h5-8,17-18,21,30,32,37H,9-16H2,1-4H3,(H,29,33)(H,35,36)/t18-,21-,26?,27+/m1/s1. The van der Waals surface area contributed by atoms with Crippen LogP contribution in [0.25, 0.3) is 0 Å². The number of benzene rings is 1. The van der Waals surface area contributed by atoms with Gasteiger partial charge in [0.2, 0.25) is 11.8 Å². The van der Waals surface area contributed by atoms with Gasteiger partial charge in [0.15, 0.2) is 0 Å². The van der Waals surface area contributed by atoms with E-state index < -0.39 is 34.6 Å². The molecule has 3 amide bonds. The average molecular weight is 538 g/mol. The van der Waals surface area contributed by atoms with Crippen LogP contribution in [0.5, 0.6) is 0 Å². The molecule has 1 heterocycles. The monoisotopic (exact) mass is 537 g/mol. The number of carbonyl (C=O) groups is 3. The number of aliphatic hydroxyl groups excluding tert-OH is 1. The summed E-state index contributed by atoms with van der Waals surface area (Å²) in [6.07, 6.45) is 0.581. The lowest BCUT2D eigenvalue weighted by Crippen LogP contribution is -2.60. The molecule has 3 rings (SSSR count). The first kappa shape index (κ1) is 29.2. The van der Waals surface area contributed by atoms with Gasteiger partial charge in [-0.05, 0) is 55.7 Å². The van der Waals surface area contributed by atoms with Crippen molar-refractivity contribution in [3.05, 3.63) is 34.9 Å². The van der Waals surface area contributed by atoms with E-state index in [0.717, 1.165) is 5.56 Å². The normalized spacial score (nSPS) is 28.1. The van der Waals surface area contributed by atoms with Gasteiger partial charge in [-0.3, -0.25) is 9.59 Å². The Labute approximate surface area is 223 Å². The Balaban J connectivity index is 1.70. The number of nitrogens with one attached hydrogen (secondary N) is 2. The molecular weight excluding hydrogens is 498 g/mol. The van der Waals surface area contributed by atoms with Crippen LogP contribution in [0.1, 0.15) is 65.4 Å². The second-order valence-corrected chi connectivity index (χ2v) is 12.1. The number of hydrogen-bond donors (Lipinski definition) is 5. The molecule has 1 aromatic carbocycles. The van der Waals surface area contributed by atoms with Crippen LogP contribution in [0.2, 0.25) is 5.02 Å². The number of rotatable bonds is 8. The van der Waals surface area contributed by atoms with E-state index in [2.05, 4.69) is 10.6 Å². The maximum absolute atomic E-state index is 13.6. The molecule has 10 heteroatoms. The second-order valence-electron chi connectivity index (χ2n) is 11.6. The van der Waals surface area contributed by atoms with Crippen molar-refractivity contribution in [1.82, 2.24) is 15.5 Å². The van der Waals surface area contributed by atoms with Crippen LogP contribution >= 0.6 is 11.6 Å². The first-order valence-electron chi connectivity index (χ1n) is 12.9. The Bertz CT molecular complexity index is 1000. The van der Waals surface area contributed by atoms with Crippen molar-refractivity contribution in [1.29, 1.82) is 0 Å². The van der Waals surface area contributed by atoms with Gasteiger partial charge in [0, 0.05) is 41.6 Å². The van der Waals surface area contributed by atoms with E-state index in [0.29, 0.717) is 37.4 Å². The molecule has 9 nitrogen and oxygen atoms in total. The summed E-state index contributed by atoms with van der Waals surface area (Å²) in [5, 5.41) is 36.3. The SMILES string of the molecule is CC(C)[C@@H](NC(=O)[C@@H]1CCC(CCO)(NC(=O)O)C1)C(=O)N1CC[C@](O)(c2ccc(Cl)cc2)C(C)(C)C1. The second kappa shape index (κ2) is 11.2. The van der Waals surface area contributed by atoms with Gasteiger partial charge in [-0.25, -0.2) is 4.79 Å². The summed E-state index contributed by atoms with van der Waals surface area (Å²) in [5.74, 6) is -1.11. The molecule has 2 fully saturated rings. The van der Waals surface area contributed by atoms with Crippen molar-refractivity contribution in [3.63, 3.8) is 0 Å². The first-order chi connectivity index (χ1) is 17.2. The van der Waals surface area contributed by atoms with Crippen LogP contribution in [-0.2, 0) is 15.2 Å². The fourth-order valence-corrected chi connectivity index (χ4v) is 6.07. The number of amides is 3. The van der Waals surface area contributed by atoms with Crippen molar-refractivity contribution in [2.24, 2.45) is 17.3 Å². The Morgan fingerprint density at radius 3 is 2.35 bits per heavy atom. The Hall–Kier alpha value is -2.36. The lowest BCUT2D eigenvalue weighted by molar-refractivity contribution is -0.157. The minimum atomic E-state index is -1.18. The molecule has 1 saturated carbocycles. The smallest absolute Gasteiger partial charge is 0.405 e. The molecular formula is C27H40ClN3O6. The van der Waals surface area contributed by atoms with E-state index in [-0.39, 0.29) is 37.2 Å². The summed E-state index contributed by atoms with van der Waals surface area (Å²) in [4.78, 5) is 39.8. The first-order valence-corrected chi connectivity index (χ1v) is 13.3. The zero-order valence-corrected chi connectivity index (χ0v) is 22.8. The molecule has 1 unspecified atom stereocenters. The van der Waals surface area contributed by atoms with Crippen molar-refractivity contribution in [2.75, 3.05) is 19.7 Å². The molecule has 0 aromatic heterocycles. The molecule has 1 saturated heterocycles. The maximum Gasteiger partial charge on any atom is 0.405 e. The van der Waals surface area contributed by atoms with Crippen LogP contribution in [0.3, 0.4) is 0 Å². The topological polar surface area (TPSA) is 139 Å². The van der Waals surface area contributed by atoms with Crippen molar-refractivity contribution >= 4 is 29.5 Å². The fraction of sp³-hybridized carbons (Fsp3) is 0.667. The van der Waals surface area contributed by atoms with Crippen LogP contribution in [0.15, 0.2) is 24.3 Å². The predicted octanol–water partition coefficient (Wildman–Crippen LogP) is 3.12. The lowest BCUT2D eigenvalue weighted by Gasteiger charge is -2.51. The number of carboxylic acid groups (broad SMARTS) is 1. The van der Waals surface area contributed by atoms with Crippen molar-refractivity contribution in [3.8, 4) is 0 Å². The van der Waals surface area contributed by atoms with E-state index in [9.17, 15) is 29.7 Å². The van der Waals surface area contributed by atoms with Crippen molar-refractivity contribution < 1.29 is 29.7 Å². The van der Waals surface area contributed by atoms with E-state index in [1.54, 1.807) is 17.0 Å². The average Bonchev–Trinajstić information content (AvgIpc) is 3.22. The number of piperidine rings is 1. The highest BCUT2D eigenvalue weighted by Gasteiger charge is 2.50. The summed E-state index contributed by atoms with van der Waals surface area (Å²) in [7, 11) is 0. The molecule has 1 aliphatic carbocycles. The van der Waals surface area contributed by atoms with Gasteiger partial charge in [0.25, 0.3) is 0 Å². The molecule has 37 heavy (non-hydrogen) atoms. The quantitative estimate of drug-likeness (QED) is 0.345. The van der Waals surface area contributed by atoms with Gasteiger partial charge in [-0.2, -0.15) is 0 Å². The molecule has 1 aromatic rings. The number of hydrogen-bond acceptors (Lipinski definition) is 5. The number of halogens is 1. The Kier molecular flexibility index (Phi) is 8.82.